The normalized spacial score (nSPS) is 34.5. The van der Waals surface area contributed by atoms with Gasteiger partial charge in [0.05, 0.1) is 0 Å². The van der Waals surface area contributed by atoms with Gasteiger partial charge in [0.15, 0.2) is 0 Å². The predicted octanol–water partition coefficient (Wildman–Crippen LogP) is 3.58. The van der Waals surface area contributed by atoms with Gasteiger partial charge in [-0.05, 0) is 42.9 Å². The van der Waals surface area contributed by atoms with Crippen molar-refractivity contribution in [1.82, 2.24) is 0 Å². The molecule has 1 saturated carbocycles. The Morgan fingerprint density at radius 2 is 1.93 bits per heavy atom. The molecule has 0 aliphatic heterocycles. The summed E-state index contributed by atoms with van der Waals surface area (Å²) in [6.07, 6.45) is 6.48. The molecule has 1 rings (SSSR count). The number of hydrogen-bond donors (Lipinski definition) is 1. The molecule has 0 aromatic carbocycles. The maximum absolute atomic E-state index is 6.05. The molecule has 0 amide bonds. The molecule has 0 radical (unpaired) electrons. The molecule has 14 heavy (non-hydrogen) atoms. The van der Waals surface area contributed by atoms with Crippen LogP contribution in [0.25, 0.3) is 0 Å². The zero-order chi connectivity index (χ0) is 10.8. The van der Waals surface area contributed by atoms with E-state index in [2.05, 4.69) is 27.7 Å². The molecular formula is C13H27N. The number of nitrogens with two attached hydrogens (primary N) is 1. The van der Waals surface area contributed by atoms with E-state index in [9.17, 15) is 0 Å². The van der Waals surface area contributed by atoms with Gasteiger partial charge in [-0.3, -0.25) is 0 Å². The Bertz CT molecular complexity index is 174. The van der Waals surface area contributed by atoms with Gasteiger partial charge in [-0.2, -0.15) is 0 Å². The third-order valence-electron chi connectivity index (χ3n) is 4.17. The molecule has 0 aromatic heterocycles. The first-order valence-electron chi connectivity index (χ1n) is 6.20. The average Bonchev–Trinajstić information content (AvgIpc) is 2.11. The van der Waals surface area contributed by atoms with Crippen molar-refractivity contribution in [2.75, 3.05) is 0 Å². The minimum Gasteiger partial charge on any atom is -0.328 e. The summed E-state index contributed by atoms with van der Waals surface area (Å²) in [5, 5.41) is 0. The summed E-state index contributed by atoms with van der Waals surface area (Å²) in [7, 11) is 0. The summed E-state index contributed by atoms with van der Waals surface area (Å²) in [5.41, 5.74) is 6.56. The van der Waals surface area contributed by atoms with Crippen molar-refractivity contribution in [3.05, 3.63) is 0 Å². The lowest BCUT2D eigenvalue weighted by Crippen LogP contribution is -2.34. The Balaban J connectivity index is 2.49. The second kappa shape index (κ2) is 4.65. The van der Waals surface area contributed by atoms with E-state index in [1.165, 1.54) is 32.1 Å². The molecule has 1 fully saturated rings. The summed E-state index contributed by atoms with van der Waals surface area (Å²) in [5.74, 6) is 1.76. The Hall–Kier alpha value is -0.0400. The van der Waals surface area contributed by atoms with Crippen LogP contribution in [0, 0.1) is 17.3 Å². The molecule has 1 aliphatic rings. The fourth-order valence-electron chi connectivity index (χ4n) is 2.59. The van der Waals surface area contributed by atoms with E-state index in [4.69, 9.17) is 5.73 Å². The van der Waals surface area contributed by atoms with Crippen LogP contribution in [-0.2, 0) is 0 Å². The fraction of sp³-hybridized carbons (Fsp3) is 1.00. The van der Waals surface area contributed by atoms with Crippen LogP contribution < -0.4 is 5.73 Å². The van der Waals surface area contributed by atoms with Gasteiger partial charge in [0.25, 0.3) is 0 Å². The third kappa shape index (κ3) is 3.27. The van der Waals surface area contributed by atoms with Gasteiger partial charge in [-0.1, -0.05) is 34.1 Å². The Morgan fingerprint density at radius 3 is 2.50 bits per heavy atom. The van der Waals surface area contributed by atoms with Gasteiger partial charge in [-0.15, -0.1) is 0 Å². The zero-order valence-corrected chi connectivity index (χ0v) is 10.3. The van der Waals surface area contributed by atoms with E-state index < -0.39 is 0 Å². The topological polar surface area (TPSA) is 26.0 Å². The van der Waals surface area contributed by atoms with Crippen molar-refractivity contribution in [3.8, 4) is 0 Å². The van der Waals surface area contributed by atoms with E-state index in [1.807, 2.05) is 0 Å². The van der Waals surface area contributed by atoms with E-state index in [1.54, 1.807) is 0 Å². The van der Waals surface area contributed by atoms with Crippen molar-refractivity contribution in [2.45, 2.75) is 65.8 Å². The number of hydrogen-bond acceptors (Lipinski definition) is 1. The first-order chi connectivity index (χ1) is 6.44. The lowest BCUT2D eigenvalue weighted by molar-refractivity contribution is 0.153. The highest BCUT2D eigenvalue weighted by molar-refractivity contribution is 4.83. The SMILES string of the molecule is CCC(C)(C)CC1CC(N)CCC1C. The Kier molecular flexibility index (Phi) is 4.00. The van der Waals surface area contributed by atoms with Crippen LogP contribution in [0.1, 0.15) is 59.8 Å². The Morgan fingerprint density at radius 1 is 1.29 bits per heavy atom. The zero-order valence-electron chi connectivity index (χ0n) is 10.3. The molecule has 0 saturated heterocycles. The Labute approximate surface area is 89.5 Å². The fourth-order valence-corrected chi connectivity index (χ4v) is 2.59. The molecule has 3 atom stereocenters. The standard InChI is InChI=1S/C13H27N/c1-5-13(3,4)9-11-8-12(14)7-6-10(11)2/h10-12H,5-9,14H2,1-4H3. The quantitative estimate of drug-likeness (QED) is 0.735. The molecule has 0 heterocycles. The van der Waals surface area contributed by atoms with Crippen LogP contribution in [0.3, 0.4) is 0 Å². The molecule has 1 heteroatoms. The third-order valence-corrected chi connectivity index (χ3v) is 4.17. The van der Waals surface area contributed by atoms with Crippen LogP contribution in [-0.4, -0.2) is 6.04 Å². The smallest absolute Gasteiger partial charge is 0.00416 e. The van der Waals surface area contributed by atoms with E-state index in [-0.39, 0.29) is 0 Å². The monoisotopic (exact) mass is 197 g/mol. The highest BCUT2D eigenvalue weighted by Gasteiger charge is 2.30. The highest BCUT2D eigenvalue weighted by atomic mass is 14.6. The van der Waals surface area contributed by atoms with Gasteiger partial charge < -0.3 is 5.73 Å². The summed E-state index contributed by atoms with van der Waals surface area (Å²) < 4.78 is 0. The molecule has 0 aromatic rings. The predicted molar refractivity (Wildman–Crippen MR) is 63.2 cm³/mol. The molecule has 0 bridgehead atoms. The van der Waals surface area contributed by atoms with Crippen molar-refractivity contribution >= 4 is 0 Å². The molecule has 0 spiro atoms. The van der Waals surface area contributed by atoms with Crippen LogP contribution in [0.15, 0.2) is 0 Å². The summed E-state index contributed by atoms with van der Waals surface area (Å²) in [6, 6.07) is 0.476. The van der Waals surface area contributed by atoms with Crippen LogP contribution in [0.5, 0.6) is 0 Å². The van der Waals surface area contributed by atoms with Crippen LogP contribution in [0.2, 0.25) is 0 Å². The van der Waals surface area contributed by atoms with E-state index in [0.29, 0.717) is 11.5 Å². The van der Waals surface area contributed by atoms with Crippen molar-refractivity contribution in [2.24, 2.45) is 23.0 Å². The van der Waals surface area contributed by atoms with E-state index in [0.717, 1.165) is 11.8 Å². The minimum atomic E-state index is 0.476. The second-order valence-electron chi connectivity index (χ2n) is 6.03. The molecule has 3 unspecified atom stereocenters. The van der Waals surface area contributed by atoms with Crippen molar-refractivity contribution in [3.63, 3.8) is 0 Å². The molecule has 1 aliphatic carbocycles. The highest BCUT2D eigenvalue weighted by Crippen LogP contribution is 2.38. The van der Waals surface area contributed by atoms with Crippen molar-refractivity contribution in [1.29, 1.82) is 0 Å². The van der Waals surface area contributed by atoms with E-state index >= 15 is 0 Å². The summed E-state index contributed by atoms with van der Waals surface area (Å²) in [6.45, 7) is 9.48. The largest absolute Gasteiger partial charge is 0.328 e. The average molecular weight is 197 g/mol. The van der Waals surface area contributed by atoms with Gasteiger partial charge >= 0.3 is 0 Å². The lowest BCUT2D eigenvalue weighted by atomic mass is 9.70. The van der Waals surface area contributed by atoms with Gasteiger partial charge in [0.1, 0.15) is 0 Å². The van der Waals surface area contributed by atoms with Crippen LogP contribution in [0.4, 0.5) is 0 Å². The molecule has 1 nitrogen and oxygen atoms in total. The summed E-state index contributed by atoms with van der Waals surface area (Å²) >= 11 is 0. The molecule has 2 N–H and O–H groups in total. The van der Waals surface area contributed by atoms with Gasteiger partial charge in [-0.25, -0.2) is 0 Å². The summed E-state index contributed by atoms with van der Waals surface area (Å²) in [4.78, 5) is 0. The van der Waals surface area contributed by atoms with Crippen molar-refractivity contribution < 1.29 is 0 Å². The first-order valence-corrected chi connectivity index (χ1v) is 6.20. The minimum absolute atomic E-state index is 0.476. The second-order valence-corrected chi connectivity index (χ2v) is 6.03. The van der Waals surface area contributed by atoms with Crippen LogP contribution >= 0.6 is 0 Å². The maximum atomic E-state index is 6.05. The van der Waals surface area contributed by atoms with Gasteiger partial charge in [0, 0.05) is 6.04 Å². The molecule has 84 valence electrons. The number of rotatable bonds is 3. The van der Waals surface area contributed by atoms with Gasteiger partial charge in [0.2, 0.25) is 0 Å². The lowest BCUT2D eigenvalue weighted by Gasteiger charge is -2.37. The maximum Gasteiger partial charge on any atom is 0.00416 e. The molecular weight excluding hydrogens is 170 g/mol. The first kappa shape index (κ1) is 12.0.